The predicted molar refractivity (Wildman–Crippen MR) is 35.5 cm³/mol. The molecule has 0 aromatic heterocycles. The molecule has 0 amide bonds. The van der Waals surface area contributed by atoms with Crippen molar-refractivity contribution in [2.45, 2.75) is 0 Å². The van der Waals surface area contributed by atoms with Gasteiger partial charge in [0.2, 0.25) is 0 Å². The Hall–Kier alpha value is -0.810. The SMILES string of the molecule is Br.O=C=NS(=O)(=O)N=C=O. The van der Waals surface area contributed by atoms with Gasteiger partial charge in [0.15, 0.2) is 0 Å². The lowest BCUT2D eigenvalue weighted by Gasteiger charge is -1.72. The van der Waals surface area contributed by atoms with Gasteiger partial charge in [0, 0.05) is 0 Å². The Morgan fingerprint density at radius 1 is 1.00 bits per heavy atom. The summed E-state index contributed by atoms with van der Waals surface area (Å²) in [7, 11) is -4.28. The van der Waals surface area contributed by atoms with E-state index in [1.165, 1.54) is 0 Å². The first-order valence-corrected chi connectivity index (χ1v) is 2.95. The highest BCUT2D eigenvalue weighted by Gasteiger charge is 2.00. The molecule has 0 saturated carbocycles. The van der Waals surface area contributed by atoms with Gasteiger partial charge >= 0.3 is 10.2 Å². The normalized spacial score (nSPS) is 8.00. The molecule has 6 nitrogen and oxygen atoms in total. The Labute approximate surface area is 66.6 Å². The minimum absolute atomic E-state index is 0. The summed E-state index contributed by atoms with van der Waals surface area (Å²) in [6.45, 7) is 0. The van der Waals surface area contributed by atoms with Gasteiger partial charge in [0.05, 0.1) is 0 Å². The van der Waals surface area contributed by atoms with Crippen LogP contribution in [0.5, 0.6) is 0 Å². The first-order valence-electron chi connectivity index (χ1n) is 1.55. The van der Waals surface area contributed by atoms with E-state index in [0.29, 0.717) is 12.2 Å². The average Bonchev–Trinajstić information content (AvgIpc) is 1.64. The Balaban J connectivity index is 0. The molecule has 0 aromatic rings. The molecular weight excluding hydrogens is 228 g/mol. The van der Waals surface area contributed by atoms with Crippen LogP contribution in [-0.2, 0) is 19.8 Å². The van der Waals surface area contributed by atoms with E-state index in [-0.39, 0.29) is 17.0 Å². The van der Waals surface area contributed by atoms with Crippen molar-refractivity contribution >= 4 is 39.4 Å². The molecule has 0 bridgehead atoms. The molecule has 10 heavy (non-hydrogen) atoms. The average molecular weight is 229 g/mol. The smallest absolute Gasteiger partial charge is 0.210 e. The summed E-state index contributed by atoms with van der Waals surface area (Å²) in [5.41, 5.74) is 0. The van der Waals surface area contributed by atoms with Crippen molar-refractivity contribution in [1.82, 2.24) is 0 Å². The summed E-state index contributed by atoms with van der Waals surface area (Å²) in [6, 6.07) is 0. The number of carbonyl (C=O) groups excluding carboxylic acids is 2. The van der Waals surface area contributed by atoms with E-state index >= 15 is 0 Å². The third kappa shape index (κ3) is 5.33. The summed E-state index contributed by atoms with van der Waals surface area (Å²) in [6.07, 6.45) is 1.41. The van der Waals surface area contributed by atoms with Gasteiger partial charge in [-0.2, -0.15) is 8.42 Å². The van der Waals surface area contributed by atoms with Gasteiger partial charge in [-0.3, -0.25) is 0 Å². The quantitative estimate of drug-likeness (QED) is 0.470. The van der Waals surface area contributed by atoms with E-state index in [9.17, 15) is 18.0 Å². The van der Waals surface area contributed by atoms with E-state index in [4.69, 9.17) is 0 Å². The maximum Gasteiger partial charge on any atom is 0.383 e. The fraction of sp³-hybridized carbons (Fsp3) is 0. The van der Waals surface area contributed by atoms with Crippen LogP contribution >= 0.6 is 17.0 Å². The zero-order valence-corrected chi connectivity index (χ0v) is 6.87. The van der Waals surface area contributed by atoms with Gasteiger partial charge in [-0.15, -0.1) is 17.0 Å². The van der Waals surface area contributed by atoms with Crippen LogP contribution in [0, 0.1) is 0 Å². The van der Waals surface area contributed by atoms with Gasteiger partial charge in [-0.25, -0.2) is 9.59 Å². The lowest BCUT2D eigenvalue weighted by Crippen LogP contribution is -1.86. The van der Waals surface area contributed by atoms with Crippen LogP contribution in [0.4, 0.5) is 0 Å². The molecule has 0 aliphatic carbocycles. The third-order valence-corrected chi connectivity index (χ3v) is 0.916. The number of halogens is 1. The van der Waals surface area contributed by atoms with Crippen molar-refractivity contribution < 1.29 is 18.0 Å². The summed E-state index contributed by atoms with van der Waals surface area (Å²) >= 11 is 0. The Morgan fingerprint density at radius 3 is 1.50 bits per heavy atom. The van der Waals surface area contributed by atoms with Crippen molar-refractivity contribution in [3.63, 3.8) is 0 Å². The molecule has 0 spiro atoms. The van der Waals surface area contributed by atoms with E-state index < -0.39 is 10.2 Å². The zero-order chi connectivity index (χ0) is 7.33. The Morgan fingerprint density at radius 2 is 1.30 bits per heavy atom. The molecule has 0 radical (unpaired) electrons. The number of hydrogen-bond acceptors (Lipinski definition) is 4. The number of isocyanates is 2. The topological polar surface area (TPSA) is 93.0 Å². The highest BCUT2D eigenvalue weighted by molar-refractivity contribution is 8.93. The summed E-state index contributed by atoms with van der Waals surface area (Å²) in [4.78, 5) is 18.5. The second-order valence-corrected chi connectivity index (χ2v) is 2.07. The van der Waals surface area contributed by atoms with Crippen molar-refractivity contribution in [2.75, 3.05) is 0 Å². The van der Waals surface area contributed by atoms with Gasteiger partial charge in [0.1, 0.15) is 0 Å². The molecule has 0 atom stereocenters. The molecule has 0 aliphatic rings. The third-order valence-electron chi connectivity index (χ3n) is 0.305. The number of hydrogen-bond donors (Lipinski definition) is 0. The molecule has 0 rings (SSSR count). The molecule has 56 valence electrons. The standard InChI is InChI=1S/C2N2O4S.BrH/c5-1-3-9(7,8)4-2-6;/h;1H. The van der Waals surface area contributed by atoms with Gasteiger partial charge in [-0.05, 0) is 0 Å². The van der Waals surface area contributed by atoms with Crippen LogP contribution in [0.1, 0.15) is 0 Å². The lowest BCUT2D eigenvalue weighted by molar-refractivity contribution is 0.561. The van der Waals surface area contributed by atoms with Crippen LogP contribution < -0.4 is 0 Å². The fourth-order valence-corrected chi connectivity index (χ4v) is 0.344. The first-order chi connectivity index (χ1) is 4.12. The number of nitrogens with zero attached hydrogens (tertiary/aromatic N) is 2. The Bertz CT molecular complexity index is 258. The van der Waals surface area contributed by atoms with Crippen molar-refractivity contribution in [2.24, 2.45) is 8.80 Å². The Kier molecular flexibility index (Phi) is 5.98. The van der Waals surface area contributed by atoms with Crippen molar-refractivity contribution in [3.05, 3.63) is 0 Å². The molecule has 0 fully saturated rings. The summed E-state index contributed by atoms with van der Waals surface area (Å²) < 4.78 is 24.3. The molecule has 0 aromatic carbocycles. The summed E-state index contributed by atoms with van der Waals surface area (Å²) in [5, 5.41) is 0. The molecule has 0 unspecified atom stereocenters. The molecule has 0 N–H and O–H groups in total. The zero-order valence-electron chi connectivity index (χ0n) is 4.34. The second-order valence-electron chi connectivity index (χ2n) is 0.813. The monoisotopic (exact) mass is 228 g/mol. The number of rotatable bonds is 2. The maximum absolute atomic E-state index is 9.97. The largest absolute Gasteiger partial charge is 0.383 e. The highest BCUT2D eigenvalue weighted by Crippen LogP contribution is 1.87. The van der Waals surface area contributed by atoms with E-state index in [2.05, 4.69) is 8.80 Å². The van der Waals surface area contributed by atoms with Crippen LogP contribution in [0.2, 0.25) is 0 Å². The molecule has 0 heterocycles. The predicted octanol–water partition coefficient (Wildman–Crippen LogP) is -0.519. The second kappa shape index (κ2) is 5.01. The van der Waals surface area contributed by atoms with E-state index in [0.717, 1.165) is 0 Å². The summed E-state index contributed by atoms with van der Waals surface area (Å²) in [5.74, 6) is 0. The molecular formula is C2HBrN2O4S. The van der Waals surface area contributed by atoms with Crippen LogP contribution in [-0.4, -0.2) is 20.6 Å². The van der Waals surface area contributed by atoms with Crippen molar-refractivity contribution in [1.29, 1.82) is 0 Å². The van der Waals surface area contributed by atoms with Crippen LogP contribution in [0.25, 0.3) is 0 Å². The minimum atomic E-state index is -4.28. The maximum atomic E-state index is 9.97. The van der Waals surface area contributed by atoms with Crippen LogP contribution in [0.15, 0.2) is 8.80 Å². The van der Waals surface area contributed by atoms with Gasteiger partial charge < -0.3 is 0 Å². The molecule has 0 saturated heterocycles. The van der Waals surface area contributed by atoms with E-state index in [1.807, 2.05) is 0 Å². The first kappa shape index (κ1) is 11.9. The van der Waals surface area contributed by atoms with E-state index in [1.54, 1.807) is 0 Å². The van der Waals surface area contributed by atoms with Crippen LogP contribution in [0.3, 0.4) is 0 Å². The van der Waals surface area contributed by atoms with Gasteiger partial charge in [0.25, 0.3) is 12.2 Å². The lowest BCUT2D eigenvalue weighted by atomic mass is 11.7. The van der Waals surface area contributed by atoms with Gasteiger partial charge in [-0.1, -0.05) is 8.80 Å². The highest BCUT2D eigenvalue weighted by atomic mass is 79.9. The molecule has 8 heteroatoms. The minimum Gasteiger partial charge on any atom is -0.210 e. The fourth-order valence-electron chi connectivity index (χ4n) is 0.115. The van der Waals surface area contributed by atoms with Crippen molar-refractivity contribution in [3.8, 4) is 0 Å². The molecule has 0 aliphatic heterocycles.